The number of alkyl halides is 3. The molecule has 1 heterocycles. The Morgan fingerprint density at radius 3 is 2.52 bits per heavy atom. The molecular formula is C23H32F3IN4. The minimum absolute atomic E-state index is 0. The maximum absolute atomic E-state index is 12.8. The Balaban J connectivity index is 0.00000341. The van der Waals surface area contributed by atoms with Gasteiger partial charge in [-0.05, 0) is 50.8 Å². The average molecular weight is 548 g/mol. The molecule has 0 bridgehead atoms. The lowest BCUT2D eigenvalue weighted by molar-refractivity contribution is -0.137. The van der Waals surface area contributed by atoms with Crippen LogP contribution >= 0.6 is 24.0 Å². The summed E-state index contributed by atoms with van der Waals surface area (Å²) in [6.45, 7) is 5.22. The van der Waals surface area contributed by atoms with Crippen molar-refractivity contribution in [2.75, 3.05) is 26.2 Å². The van der Waals surface area contributed by atoms with E-state index >= 15 is 0 Å². The second-order valence-corrected chi connectivity index (χ2v) is 7.97. The van der Waals surface area contributed by atoms with E-state index in [1.54, 1.807) is 6.07 Å². The summed E-state index contributed by atoms with van der Waals surface area (Å²) in [4.78, 5) is 7.11. The molecule has 172 valence electrons. The Bertz CT molecular complexity index is 771. The number of hydrogen-bond acceptors (Lipinski definition) is 2. The number of nitrogens with zero attached hydrogens (tertiary/aromatic N) is 2. The Morgan fingerprint density at radius 2 is 1.87 bits per heavy atom. The molecule has 1 aromatic carbocycles. The van der Waals surface area contributed by atoms with Crippen molar-refractivity contribution in [2.24, 2.45) is 4.99 Å². The Kier molecular flexibility index (Phi) is 10.4. The van der Waals surface area contributed by atoms with Crippen LogP contribution in [0.5, 0.6) is 0 Å². The highest BCUT2D eigenvalue weighted by molar-refractivity contribution is 14.0. The molecule has 2 aliphatic rings. The summed E-state index contributed by atoms with van der Waals surface area (Å²) in [5.41, 5.74) is -0.339. The van der Waals surface area contributed by atoms with Gasteiger partial charge in [0.15, 0.2) is 5.96 Å². The third-order valence-electron chi connectivity index (χ3n) is 5.79. The van der Waals surface area contributed by atoms with E-state index < -0.39 is 11.7 Å². The molecule has 31 heavy (non-hydrogen) atoms. The summed E-state index contributed by atoms with van der Waals surface area (Å²) >= 11 is 0. The number of hydrogen-bond donors (Lipinski definition) is 2. The SMILES string of the molecule is CCNC(=NCC#Cc1cccc(C(F)(F)F)c1)NC1CCN(C2CCCC2)CC1.I. The van der Waals surface area contributed by atoms with Gasteiger partial charge in [0.1, 0.15) is 6.54 Å². The number of halogens is 4. The first-order valence-corrected chi connectivity index (χ1v) is 10.9. The van der Waals surface area contributed by atoms with Crippen LogP contribution in [0, 0.1) is 11.8 Å². The van der Waals surface area contributed by atoms with Gasteiger partial charge in [-0.15, -0.1) is 24.0 Å². The highest BCUT2D eigenvalue weighted by Gasteiger charge is 2.30. The van der Waals surface area contributed by atoms with Crippen LogP contribution in [0.4, 0.5) is 13.2 Å². The van der Waals surface area contributed by atoms with E-state index in [1.165, 1.54) is 31.7 Å². The van der Waals surface area contributed by atoms with Crippen molar-refractivity contribution in [3.05, 3.63) is 35.4 Å². The van der Waals surface area contributed by atoms with E-state index in [-0.39, 0.29) is 30.5 Å². The maximum Gasteiger partial charge on any atom is 0.416 e. The van der Waals surface area contributed by atoms with Gasteiger partial charge >= 0.3 is 6.18 Å². The maximum atomic E-state index is 12.8. The van der Waals surface area contributed by atoms with E-state index in [1.807, 2.05) is 6.92 Å². The van der Waals surface area contributed by atoms with Crippen LogP contribution in [0.2, 0.25) is 0 Å². The molecule has 0 aromatic heterocycles. The van der Waals surface area contributed by atoms with Gasteiger partial charge in [0.25, 0.3) is 0 Å². The van der Waals surface area contributed by atoms with E-state index in [0.717, 1.165) is 56.6 Å². The lowest BCUT2D eigenvalue weighted by atomic mass is 10.0. The van der Waals surface area contributed by atoms with Gasteiger partial charge in [0, 0.05) is 37.3 Å². The van der Waals surface area contributed by atoms with Gasteiger partial charge in [-0.25, -0.2) is 4.99 Å². The van der Waals surface area contributed by atoms with E-state index in [4.69, 9.17) is 0 Å². The first-order chi connectivity index (χ1) is 14.5. The smallest absolute Gasteiger partial charge is 0.357 e. The second kappa shape index (κ2) is 12.5. The number of rotatable bonds is 4. The number of aliphatic imine (C=N–C) groups is 1. The van der Waals surface area contributed by atoms with E-state index in [2.05, 4.69) is 32.4 Å². The zero-order chi connectivity index (χ0) is 21.4. The van der Waals surface area contributed by atoms with Crippen LogP contribution in [-0.2, 0) is 6.18 Å². The second-order valence-electron chi connectivity index (χ2n) is 7.97. The lowest BCUT2D eigenvalue weighted by Gasteiger charge is -2.36. The summed E-state index contributed by atoms with van der Waals surface area (Å²) in [6.07, 6.45) is 3.24. The largest absolute Gasteiger partial charge is 0.416 e. The topological polar surface area (TPSA) is 39.7 Å². The minimum Gasteiger partial charge on any atom is -0.357 e. The van der Waals surface area contributed by atoms with Crippen molar-refractivity contribution in [1.82, 2.24) is 15.5 Å². The van der Waals surface area contributed by atoms with Crippen LogP contribution in [0.25, 0.3) is 0 Å². The molecule has 2 fully saturated rings. The van der Waals surface area contributed by atoms with Crippen molar-refractivity contribution >= 4 is 29.9 Å². The van der Waals surface area contributed by atoms with Crippen molar-refractivity contribution in [3.8, 4) is 11.8 Å². The summed E-state index contributed by atoms with van der Waals surface area (Å²) in [5, 5.41) is 6.72. The highest BCUT2D eigenvalue weighted by Crippen LogP contribution is 2.29. The molecule has 0 unspecified atom stereocenters. The molecule has 1 aromatic rings. The van der Waals surface area contributed by atoms with Crippen LogP contribution in [0.1, 0.15) is 56.6 Å². The predicted molar refractivity (Wildman–Crippen MR) is 130 cm³/mol. The van der Waals surface area contributed by atoms with Crippen LogP contribution in [-0.4, -0.2) is 49.1 Å². The molecule has 1 aliphatic carbocycles. The van der Waals surface area contributed by atoms with Gasteiger partial charge in [-0.1, -0.05) is 30.7 Å². The molecule has 0 spiro atoms. The minimum atomic E-state index is -4.36. The van der Waals surface area contributed by atoms with Crippen molar-refractivity contribution in [1.29, 1.82) is 0 Å². The molecule has 1 saturated carbocycles. The molecular weight excluding hydrogens is 516 g/mol. The fourth-order valence-corrected chi connectivity index (χ4v) is 4.23. The predicted octanol–water partition coefficient (Wildman–Crippen LogP) is 4.64. The van der Waals surface area contributed by atoms with Crippen LogP contribution in [0.15, 0.2) is 29.3 Å². The number of likely N-dealkylation sites (tertiary alicyclic amines) is 1. The zero-order valence-corrected chi connectivity index (χ0v) is 20.3. The summed E-state index contributed by atoms with van der Waals surface area (Å²) in [5.74, 6) is 6.35. The zero-order valence-electron chi connectivity index (χ0n) is 18.0. The first-order valence-electron chi connectivity index (χ1n) is 10.9. The van der Waals surface area contributed by atoms with Crippen LogP contribution in [0.3, 0.4) is 0 Å². The van der Waals surface area contributed by atoms with Gasteiger partial charge in [-0.2, -0.15) is 13.2 Å². The number of nitrogens with one attached hydrogen (secondary N) is 2. The monoisotopic (exact) mass is 548 g/mol. The molecule has 1 saturated heterocycles. The molecule has 0 amide bonds. The van der Waals surface area contributed by atoms with Crippen molar-refractivity contribution in [3.63, 3.8) is 0 Å². The van der Waals surface area contributed by atoms with Gasteiger partial charge in [-0.3, -0.25) is 0 Å². The molecule has 2 N–H and O–H groups in total. The van der Waals surface area contributed by atoms with E-state index in [0.29, 0.717) is 11.6 Å². The molecule has 3 rings (SSSR count). The fraction of sp³-hybridized carbons (Fsp3) is 0.609. The normalized spacial score (nSPS) is 18.8. The highest BCUT2D eigenvalue weighted by atomic mass is 127. The molecule has 0 radical (unpaired) electrons. The standard InChI is InChI=1S/C23H31F3N4.HI/c1-2-27-22(29-20-12-15-30(16-13-20)21-10-3-4-11-21)28-14-6-8-18-7-5-9-19(17-18)23(24,25)26;/h5,7,9,17,20-21H,2-4,10-16H2,1H3,(H2,27,28,29);1H. The first kappa shape index (κ1) is 25.8. The average Bonchev–Trinajstić information content (AvgIpc) is 3.26. The van der Waals surface area contributed by atoms with Gasteiger partial charge in [0.05, 0.1) is 5.56 Å². The van der Waals surface area contributed by atoms with E-state index in [9.17, 15) is 13.2 Å². The molecule has 8 heteroatoms. The van der Waals surface area contributed by atoms with Crippen molar-refractivity contribution < 1.29 is 13.2 Å². The third-order valence-corrected chi connectivity index (χ3v) is 5.79. The molecule has 0 atom stereocenters. The summed E-state index contributed by atoms with van der Waals surface area (Å²) < 4.78 is 38.4. The Morgan fingerprint density at radius 1 is 1.16 bits per heavy atom. The molecule has 4 nitrogen and oxygen atoms in total. The quantitative estimate of drug-likeness (QED) is 0.250. The van der Waals surface area contributed by atoms with Crippen molar-refractivity contribution in [2.45, 2.75) is 63.7 Å². The Labute approximate surface area is 200 Å². The summed E-state index contributed by atoms with van der Waals surface area (Å²) in [7, 11) is 0. The number of benzene rings is 1. The Hall–Kier alpha value is -1.47. The van der Waals surface area contributed by atoms with Crippen LogP contribution < -0.4 is 10.6 Å². The number of guanidine groups is 1. The lowest BCUT2D eigenvalue weighted by Crippen LogP contribution is -2.50. The molecule has 1 aliphatic heterocycles. The summed E-state index contributed by atoms with van der Waals surface area (Å²) in [6, 6.07) is 6.23. The van der Waals surface area contributed by atoms with Gasteiger partial charge in [0.2, 0.25) is 0 Å². The van der Waals surface area contributed by atoms with Gasteiger partial charge < -0.3 is 15.5 Å². The fourth-order valence-electron chi connectivity index (χ4n) is 4.23. The number of piperidine rings is 1. The third kappa shape index (κ3) is 8.19.